The number of hydrogen-bond donors (Lipinski definition) is 0. The minimum Gasteiger partial charge on any atom is -0.346 e. The van der Waals surface area contributed by atoms with Gasteiger partial charge < -0.3 is 9.47 Å². The van der Waals surface area contributed by atoms with Gasteiger partial charge in [0.2, 0.25) is 5.79 Å². The molecule has 2 aliphatic rings. The normalized spacial score (nSPS) is 19.4. The second-order valence-electron chi connectivity index (χ2n) is 4.16. The van der Waals surface area contributed by atoms with E-state index in [1.807, 2.05) is 18.2 Å². The van der Waals surface area contributed by atoms with Crippen molar-refractivity contribution in [2.75, 3.05) is 14.2 Å². The molecule has 0 bridgehead atoms. The average molecular weight is 226 g/mol. The molecule has 0 radical (unpaired) electrons. The van der Waals surface area contributed by atoms with Gasteiger partial charge in [-0.3, -0.25) is 0 Å². The fourth-order valence-corrected chi connectivity index (χ4v) is 2.51. The van der Waals surface area contributed by atoms with Gasteiger partial charge in [-0.2, -0.15) is 0 Å². The zero-order valence-corrected chi connectivity index (χ0v) is 9.94. The molecule has 17 heavy (non-hydrogen) atoms. The summed E-state index contributed by atoms with van der Waals surface area (Å²) in [5.74, 6) is -0.747. The second kappa shape index (κ2) is 3.69. The number of rotatable bonds is 2. The number of ether oxygens (including phenoxy) is 2. The molecule has 0 atom stereocenters. The summed E-state index contributed by atoms with van der Waals surface area (Å²) in [7, 11) is 3.33. The van der Waals surface area contributed by atoms with Gasteiger partial charge in [0, 0.05) is 19.8 Å². The fourth-order valence-electron chi connectivity index (χ4n) is 2.51. The maximum absolute atomic E-state index is 5.55. The van der Waals surface area contributed by atoms with E-state index in [1.54, 1.807) is 14.2 Å². The van der Waals surface area contributed by atoms with E-state index in [4.69, 9.17) is 9.47 Å². The SMILES string of the molecule is COC1(OC)C=CC=C2C1=Cc1ccccc12. The van der Waals surface area contributed by atoms with Crippen molar-refractivity contribution in [1.29, 1.82) is 0 Å². The Hall–Kier alpha value is -1.64. The highest BCUT2D eigenvalue weighted by molar-refractivity contribution is 5.97. The Morgan fingerprint density at radius 3 is 2.59 bits per heavy atom. The molecule has 0 unspecified atom stereocenters. The molecule has 2 heteroatoms. The molecule has 0 saturated carbocycles. The summed E-state index contributed by atoms with van der Waals surface area (Å²) in [5.41, 5.74) is 4.72. The highest BCUT2D eigenvalue weighted by Gasteiger charge is 2.38. The molecule has 0 N–H and O–H groups in total. The van der Waals surface area contributed by atoms with Crippen LogP contribution in [-0.4, -0.2) is 20.0 Å². The Morgan fingerprint density at radius 2 is 1.82 bits per heavy atom. The molecule has 0 aromatic heterocycles. The first-order valence-corrected chi connectivity index (χ1v) is 5.62. The molecule has 2 aliphatic carbocycles. The fraction of sp³-hybridized carbons (Fsp3) is 0.200. The van der Waals surface area contributed by atoms with Crippen molar-refractivity contribution in [3.05, 3.63) is 59.2 Å². The van der Waals surface area contributed by atoms with Gasteiger partial charge in [-0.25, -0.2) is 0 Å². The third kappa shape index (κ3) is 1.35. The van der Waals surface area contributed by atoms with Crippen LogP contribution in [0, 0.1) is 0 Å². The summed E-state index contributed by atoms with van der Waals surface area (Å²) in [5, 5.41) is 0. The lowest BCUT2D eigenvalue weighted by molar-refractivity contribution is -0.138. The van der Waals surface area contributed by atoms with E-state index in [1.165, 1.54) is 16.7 Å². The number of allylic oxidation sites excluding steroid dienone is 2. The van der Waals surface area contributed by atoms with E-state index in [-0.39, 0.29) is 0 Å². The van der Waals surface area contributed by atoms with Crippen LogP contribution in [0.3, 0.4) is 0 Å². The third-order valence-corrected chi connectivity index (χ3v) is 3.40. The molecule has 1 aromatic carbocycles. The minimum absolute atomic E-state index is 0.747. The van der Waals surface area contributed by atoms with Crippen molar-refractivity contribution in [3.8, 4) is 0 Å². The molecule has 3 rings (SSSR count). The second-order valence-corrected chi connectivity index (χ2v) is 4.16. The van der Waals surface area contributed by atoms with E-state index >= 15 is 0 Å². The molecule has 0 fully saturated rings. The van der Waals surface area contributed by atoms with Crippen LogP contribution >= 0.6 is 0 Å². The molecule has 86 valence electrons. The topological polar surface area (TPSA) is 18.5 Å². The molecule has 0 saturated heterocycles. The smallest absolute Gasteiger partial charge is 0.215 e. The summed E-state index contributed by atoms with van der Waals surface area (Å²) < 4.78 is 11.1. The van der Waals surface area contributed by atoms with Crippen molar-refractivity contribution >= 4 is 11.6 Å². The lowest BCUT2D eigenvalue weighted by atomic mass is 9.92. The summed E-state index contributed by atoms with van der Waals surface area (Å²) in [4.78, 5) is 0. The first-order valence-electron chi connectivity index (χ1n) is 5.62. The Balaban J connectivity index is 2.19. The highest BCUT2D eigenvalue weighted by atomic mass is 16.7. The molecular weight excluding hydrogens is 212 g/mol. The molecule has 0 heterocycles. The molecular formula is C15H14O2. The van der Waals surface area contributed by atoms with Gasteiger partial charge in [0.25, 0.3) is 0 Å². The molecule has 0 amide bonds. The van der Waals surface area contributed by atoms with Crippen molar-refractivity contribution in [2.45, 2.75) is 5.79 Å². The number of benzene rings is 1. The number of hydrogen-bond acceptors (Lipinski definition) is 2. The molecule has 0 spiro atoms. The van der Waals surface area contributed by atoms with Crippen molar-refractivity contribution in [2.24, 2.45) is 0 Å². The number of methoxy groups -OCH3 is 2. The maximum Gasteiger partial charge on any atom is 0.215 e. The predicted octanol–water partition coefficient (Wildman–Crippen LogP) is 3.03. The summed E-state index contributed by atoms with van der Waals surface area (Å²) in [6, 6.07) is 8.33. The van der Waals surface area contributed by atoms with Gasteiger partial charge in [0.05, 0.1) is 0 Å². The largest absolute Gasteiger partial charge is 0.346 e. The third-order valence-electron chi connectivity index (χ3n) is 3.40. The van der Waals surface area contributed by atoms with Gasteiger partial charge in [0.15, 0.2) is 0 Å². The number of fused-ring (bicyclic) bond motifs is 3. The van der Waals surface area contributed by atoms with Gasteiger partial charge >= 0.3 is 0 Å². The predicted molar refractivity (Wildman–Crippen MR) is 68.3 cm³/mol. The highest BCUT2D eigenvalue weighted by Crippen LogP contribution is 2.45. The lowest BCUT2D eigenvalue weighted by Gasteiger charge is -2.32. The van der Waals surface area contributed by atoms with Crippen molar-refractivity contribution in [1.82, 2.24) is 0 Å². The first-order chi connectivity index (χ1) is 8.30. The van der Waals surface area contributed by atoms with Crippen LogP contribution in [0.1, 0.15) is 11.1 Å². The van der Waals surface area contributed by atoms with Crippen LogP contribution in [0.15, 0.2) is 48.1 Å². The molecule has 2 nitrogen and oxygen atoms in total. The Labute approximate surface area is 101 Å². The Morgan fingerprint density at radius 1 is 1.06 bits per heavy atom. The maximum atomic E-state index is 5.55. The van der Waals surface area contributed by atoms with E-state index < -0.39 is 5.79 Å². The average Bonchev–Trinajstić information content (AvgIpc) is 2.77. The Bertz CT molecular complexity index is 546. The molecule has 0 aliphatic heterocycles. The van der Waals surface area contributed by atoms with Crippen LogP contribution in [0.4, 0.5) is 0 Å². The van der Waals surface area contributed by atoms with E-state index in [2.05, 4.69) is 30.4 Å². The zero-order valence-electron chi connectivity index (χ0n) is 9.94. The minimum atomic E-state index is -0.747. The summed E-state index contributed by atoms with van der Waals surface area (Å²) >= 11 is 0. The van der Waals surface area contributed by atoms with Gasteiger partial charge in [-0.1, -0.05) is 36.4 Å². The molecule has 1 aromatic rings. The van der Waals surface area contributed by atoms with Gasteiger partial charge in [-0.05, 0) is 28.9 Å². The van der Waals surface area contributed by atoms with Crippen LogP contribution in [0.2, 0.25) is 0 Å². The Kier molecular flexibility index (Phi) is 2.28. The van der Waals surface area contributed by atoms with Gasteiger partial charge in [0.1, 0.15) is 0 Å². The first kappa shape index (κ1) is 10.5. The van der Waals surface area contributed by atoms with Crippen molar-refractivity contribution < 1.29 is 9.47 Å². The van der Waals surface area contributed by atoms with Crippen molar-refractivity contribution in [3.63, 3.8) is 0 Å². The standard InChI is InChI=1S/C15H14O2/c1-16-15(17-2)9-5-8-13-12-7-4-3-6-11(12)10-14(13)15/h3-10H,1-2H3. The zero-order chi connectivity index (χ0) is 11.9. The van der Waals surface area contributed by atoms with Crippen LogP contribution in [0.25, 0.3) is 11.6 Å². The van der Waals surface area contributed by atoms with Crippen LogP contribution < -0.4 is 0 Å². The summed E-state index contributed by atoms with van der Waals surface area (Å²) in [6.07, 6.45) is 8.17. The van der Waals surface area contributed by atoms with E-state index in [0.29, 0.717) is 0 Å². The lowest BCUT2D eigenvalue weighted by Crippen LogP contribution is -2.34. The van der Waals surface area contributed by atoms with E-state index in [9.17, 15) is 0 Å². The van der Waals surface area contributed by atoms with Crippen LogP contribution in [-0.2, 0) is 9.47 Å². The quantitative estimate of drug-likeness (QED) is 0.722. The van der Waals surface area contributed by atoms with Gasteiger partial charge in [-0.15, -0.1) is 0 Å². The van der Waals surface area contributed by atoms with Crippen LogP contribution in [0.5, 0.6) is 0 Å². The summed E-state index contributed by atoms with van der Waals surface area (Å²) in [6.45, 7) is 0. The van der Waals surface area contributed by atoms with E-state index in [0.717, 1.165) is 5.57 Å². The monoisotopic (exact) mass is 226 g/mol.